The highest BCUT2D eigenvalue weighted by atomic mass is 32.1. The Hall–Kier alpha value is -1.79. The number of nitrogens with zero attached hydrogens (tertiary/aromatic N) is 1. The fourth-order valence-corrected chi connectivity index (χ4v) is 1.86. The Morgan fingerprint density at radius 1 is 1.45 bits per heavy atom. The predicted molar refractivity (Wildman–Crippen MR) is 79.6 cm³/mol. The van der Waals surface area contributed by atoms with Crippen molar-refractivity contribution in [2.24, 2.45) is 0 Å². The lowest BCUT2D eigenvalue weighted by Crippen LogP contribution is -2.47. The molecule has 0 aliphatic carbocycles. The van der Waals surface area contributed by atoms with Crippen molar-refractivity contribution in [2.75, 3.05) is 0 Å². The van der Waals surface area contributed by atoms with Crippen LogP contribution in [0.1, 0.15) is 13.8 Å². The van der Waals surface area contributed by atoms with Crippen LogP contribution in [0.15, 0.2) is 36.5 Å². The van der Waals surface area contributed by atoms with Gasteiger partial charge in [0.05, 0.1) is 5.52 Å². The fourth-order valence-electron chi connectivity index (χ4n) is 1.67. The average Bonchev–Trinajstić information content (AvgIpc) is 2.36. The minimum Gasteiger partial charge on any atom is -0.470 e. The highest BCUT2D eigenvalue weighted by Crippen LogP contribution is 2.20. The number of rotatable bonds is 4. The molecule has 1 heterocycles. The van der Waals surface area contributed by atoms with Gasteiger partial charge in [0.1, 0.15) is 11.5 Å². The molecule has 2 aromatic rings. The summed E-state index contributed by atoms with van der Waals surface area (Å²) in [6.07, 6.45) is 1.71. The van der Waals surface area contributed by atoms with Gasteiger partial charge in [-0.1, -0.05) is 6.07 Å². The van der Waals surface area contributed by atoms with E-state index in [2.05, 4.69) is 22.9 Å². The van der Waals surface area contributed by atoms with Crippen molar-refractivity contribution in [1.82, 2.24) is 10.3 Å². The molecule has 1 unspecified atom stereocenters. The van der Waals surface area contributed by atoms with Gasteiger partial charge in [0, 0.05) is 11.6 Å². The Balaban J connectivity index is 2.09. The first-order valence-electron chi connectivity index (χ1n) is 6.09. The van der Waals surface area contributed by atoms with Crippen molar-refractivity contribution in [3.8, 4) is 5.75 Å². The number of aliphatic hydroxyl groups is 1. The van der Waals surface area contributed by atoms with Gasteiger partial charge < -0.3 is 15.2 Å². The van der Waals surface area contributed by atoms with Crippen LogP contribution in [0.5, 0.6) is 5.75 Å². The van der Waals surface area contributed by atoms with Crippen LogP contribution >= 0.6 is 12.6 Å². The molecule has 0 bridgehead atoms. The molecule has 106 valence electrons. The van der Waals surface area contributed by atoms with E-state index in [-0.39, 0.29) is 0 Å². The third kappa shape index (κ3) is 3.85. The Labute approximate surface area is 122 Å². The van der Waals surface area contributed by atoms with Crippen LogP contribution in [0.2, 0.25) is 0 Å². The number of benzene rings is 1. The van der Waals surface area contributed by atoms with Gasteiger partial charge in [-0.15, -0.1) is 12.6 Å². The van der Waals surface area contributed by atoms with E-state index < -0.39 is 17.1 Å². The molecule has 1 aromatic carbocycles. The van der Waals surface area contributed by atoms with Gasteiger partial charge in [-0.3, -0.25) is 9.78 Å². The van der Waals surface area contributed by atoms with Crippen LogP contribution < -0.4 is 10.1 Å². The summed E-state index contributed by atoms with van der Waals surface area (Å²) in [7, 11) is 0. The molecule has 0 saturated carbocycles. The zero-order valence-corrected chi connectivity index (χ0v) is 12.1. The number of aromatic nitrogens is 1. The molecule has 0 aliphatic heterocycles. The Bertz CT molecular complexity index is 625. The first-order chi connectivity index (χ1) is 9.35. The van der Waals surface area contributed by atoms with E-state index in [4.69, 9.17) is 4.74 Å². The van der Waals surface area contributed by atoms with Crippen LogP contribution in [0.25, 0.3) is 10.9 Å². The van der Waals surface area contributed by atoms with E-state index in [0.717, 1.165) is 10.9 Å². The average molecular weight is 292 g/mol. The molecule has 0 saturated heterocycles. The molecule has 0 fully saturated rings. The predicted octanol–water partition coefficient (Wildman–Crippen LogP) is 1.71. The molecular weight excluding hydrogens is 276 g/mol. The van der Waals surface area contributed by atoms with E-state index in [1.807, 2.05) is 12.1 Å². The molecule has 2 N–H and O–H groups in total. The van der Waals surface area contributed by atoms with Crippen LogP contribution in [0, 0.1) is 0 Å². The van der Waals surface area contributed by atoms with Gasteiger partial charge in [-0.05, 0) is 38.1 Å². The van der Waals surface area contributed by atoms with Crippen molar-refractivity contribution in [1.29, 1.82) is 0 Å². The Morgan fingerprint density at radius 3 is 2.90 bits per heavy atom. The summed E-state index contributed by atoms with van der Waals surface area (Å²) in [6, 6.07) is 9.03. The molecule has 0 spiro atoms. The van der Waals surface area contributed by atoms with Gasteiger partial charge in [0.25, 0.3) is 5.91 Å². The van der Waals surface area contributed by atoms with E-state index in [0.29, 0.717) is 5.75 Å². The zero-order valence-electron chi connectivity index (χ0n) is 11.2. The third-order valence-electron chi connectivity index (χ3n) is 2.48. The number of carbonyl (C=O) groups is 1. The molecule has 6 heteroatoms. The minimum absolute atomic E-state index is 0.507. The molecule has 2 rings (SSSR count). The summed E-state index contributed by atoms with van der Waals surface area (Å²) in [5, 5.41) is 12.8. The molecule has 1 amide bonds. The lowest BCUT2D eigenvalue weighted by molar-refractivity contribution is -0.130. The number of thiol groups is 1. The van der Waals surface area contributed by atoms with Crippen molar-refractivity contribution < 1.29 is 14.6 Å². The highest BCUT2D eigenvalue weighted by Gasteiger charge is 2.22. The quantitative estimate of drug-likeness (QED) is 0.592. The monoisotopic (exact) mass is 292 g/mol. The number of carbonyl (C=O) groups excluding carboxylic acids is 1. The molecular formula is C14H16N2O3S. The molecule has 1 atom stereocenters. The summed E-state index contributed by atoms with van der Waals surface area (Å²) >= 11 is 4.08. The maximum atomic E-state index is 11.7. The summed E-state index contributed by atoms with van der Waals surface area (Å²) in [5.41, 5.74) is -1.47. The van der Waals surface area contributed by atoms with Crippen LogP contribution in [0.4, 0.5) is 0 Å². The first kappa shape index (κ1) is 14.6. The topological polar surface area (TPSA) is 71.5 Å². The van der Waals surface area contributed by atoms with Gasteiger partial charge >= 0.3 is 0 Å². The van der Waals surface area contributed by atoms with Crippen molar-refractivity contribution in [3.63, 3.8) is 0 Å². The first-order valence-corrected chi connectivity index (χ1v) is 6.61. The third-order valence-corrected chi connectivity index (χ3v) is 2.82. The van der Waals surface area contributed by atoms with Crippen molar-refractivity contribution >= 4 is 29.4 Å². The van der Waals surface area contributed by atoms with Crippen molar-refractivity contribution in [3.05, 3.63) is 36.5 Å². The second-order valence-corrected chi connectivity index (χ2v) is 5.35. The Kier molecular flexibility index (Phi) is 4.15. The molecule has 0 radical (unpaired) electrons. The maximum absolute atomic E-state index is 11.7. The second-order valence-electron chi connectivity index (χ2n) is 4.88. The zero-order chi connectivity index (χ0) is 14.8. The number of ether oxygens (including phenoxy) is 1. The molecule has 1 aromatic heterocycles. The smallest absolute Gasteiger partial charge is 0.273 e. The van der Waals surface area contributed by atoms with Gasteiger partial charge in [0.15, 0.2) is 0 Å². The molecule has 5 nitrogen and oxygen atoms in total. The summed E-state index contributed by atoms with van der Waals surface area (Å²) in [6.45, 7) is 2.93. The number of fused-ring (bicyclic) bond motifs is 1. The fraction of sp³-hybridized carbons (Fsp3) is 0.286. The summed E-state index contributed by atoms with van der Waals surface area (Å²) in [4.78, 5) is 15.9. The summed E-state index contributed by atoms with van der Waals surface area (Å²) < 4.78 is 5.44. The normalized spacial score (nSPS) is 13.0. The molecule has 0 aliphatic rings. The second kappa shape index (κ2) is 5.68. The van der Waals surface area contributed by atoms with Crippen molar-refractivity contribution in [2.45, 2.75) is 25.0 Å². The lowest BCUT2D eigenvalue weighted by atomic mass is 10.2. The largest absolute Gasteiger partial charge is 0.470 e. The van der Waals surface area contributed by atoms with Gasteiger partial charge in [-0.25, -0.2) is 0 Å². The van der Waals surface area contributed by atoms with E-state index in [1.54, 1.807) is 24.4 Å². The number of pyridine rings is 1. The number of amides is 1. The van der Waals surface area contributed by atoms with Gasteiger partial charge in [-0.2, -0.15) is 0 Å². The van der Waals surface area contributed by atoms with Crippen LogP contribution in [-0.4, -0.2) is 27.2 Å². The van der Waals surface area contributed by atoms with Crippen LogP contribution in [0.3, 0.4) is 0 Å². The van der Waals surface area contributed by atoms with E-state index >= 15 is 0 Å². The Morgan fingerprint density at radius 2 is 2.20 bits per heavy atom. The standard InChI is InChI=1S/C14H16N2O3S/c1-14(2,18)16-12(17)13(20)19-10-5-6-11-9(8-10)4-3-7-15-11/h3-8,13,18,20H,1-2H3,(H,16,17). The lowest BCUT2D eigenvalue weighted by Gasteiger charge is -2.22. The van der Waals surface area contributed by atoms with Gasteiger partial charge in [0.2, 0.25) is 5.44 Å². The summed E-state index contributed by atoms with van der Waals surface area (Å²) in [5.74, 6) is 0.00325. The van der Waals surface area contributed by atoms with E-state index in [1.165, 1.54) is 13.8 Å². The SMILES string of the molecule is CC(C)(O)NC(=O)C(S)Oc1ccc2ncccc2c1. The molecule has 20 heavy (non-hydrogen) atoms. The van der Waals surface area contributed by atoms with E-state index in [9.17, 15) is 9.90 Å². The maximum Gasteiger partial charge on any atom is 0.273 e. The number of nitrogens with one attached hydrogen (secondary N) is 1. The van der Waals surface area contributed by atoms with Crippen LogP contribution in [-0.2, 0) is 4.79 Å². The number of hydrogen-bond donors (Lipinski definition) is 3. The highest BCUT2D eigenvalue weighted by molar-refractivity contribution is 7.81. The minimum atomic E-state index is -1.31. The number of hydrogen-bond acceptors (Lipinski definition) is 5.